The third-order valence-corrected chi connectivity index (χ3v) is 1.97. The molecule has 2 N–H and O–H groups in total. The van der Waals surface area contributed by atoms with Gasteiger partial charge >= 0.3 is 0 Å². The van der Waals surface area contributed by atoms with Crippen LogP contribution in [-0.2, 0) is 0 Å². The van der Waals surface area contributed by atoms with Crippen LogP contribution >= 0.6 is 11.9 Å². The Labute approximate surface area is 53.8 Å². The van der Waals surface area contributed by atoms with Gasteiger partial charge in [0.1, 0.15) is 0 Å². The van der Waals surface area contributed by atoms with Crippen molar-refractivity contribution in [1.82, 2.24) is 4.72 Å². The van der Waals surface area contributed by atoms with Gasteiger partial charge in [-0.2, -0.15) is 0 Å². The number of hydrogen-bond acceptors (Lipinski definition) is 3. The Balaban J connectivity index is 1.98. The Hall–Kier alpha value is 0.270. The predicted octanol–water partition coefficient (Wildman–Crippen LogP) is 0.377. The molecule has 1 aliphatic carbocycles. The minimum Gasteiger partial charge on any atom is -0.393 e. The van der Waals surface area contributed by atoms with E-state index in [9.17, 15) is 0 Å². The lowest BCUT2D eigenvalue weighted by molar-refractivity contribution is 0.0722. The molecule has 1 rings (SSSR count). The van der Waals surface area contributed by atoms with Crippen LogP contribution in [0.4, 0.5) is 0 Å². The van der Waals surface area contributed by atoms with Gasteiger partial charge in [-0.25, -0.2) is 0 Å². The monoisotopic (exact) mass is 133 g/mol. The van der Waals surface area contributed by atoms with Crippen LogP contribution < -0.4 is 4.72 Å². The van der Waals surface area contributed by atoms with Crippen molar-refractivity contribution in [2.45, 2.75) is 25.0 Å². The summed E-state index contributed by atoms with van der Waals surface area (Å²) in [6, 6.07) is 0.569. The third kappa shape index (κ3) is 1.37. The van der Waals surface area contributed by atoms with E-state index in [2.05, 4.69) is 4.72 Å². The van der Waals surface area contributed by atoms with Crippen molar-refractivity contribution in [2.75, 3.05) is 6.26 Å². The zero-order chi connectivity index (χ0) is 5.98. The van der Waals surface area contributed by atoms with Crippen LogP contribution in [0.25, 0.3) is 0 Å². The summed E-state index contributed by atoms with van der Waals surface area (Å²) in [5.74, 6) is 0. The molecule has 0 unspecified atom stereocenters. The normalized spacial score (nSPS) is 36.8. The van der Waals surface area contributed by atoms with Gasteiger partial charge in [0.05, 0.1) is 6.10 Å². The standard InChI is InChI=1S/C5H11NOS/c1-8-6-4-2-5(7)3-4/h4-7H,2-3H2,1H3. The molecule has 1 fully saturated rings. The van der Waals surface area contributed by atoms with Crippen molar-refractivity contribution in [1.29, 1.82) is 0 Å². The highest BCUT2D eigenvalue weighted by Crippen LogP contribution is 2.20. The fraction of sp³-hybridized carbons (Fsp3) is 1.00. The molecule has 0 spiro atoms. The molecule has 0 saturated heterocycles. The molecule has 8 heavy (non-hydrogen) atoms. The van der Waals surface area contributed by atoms with Gasteiger partial charge in [-0.3, -0.25) is 4.72 Å². The lowest BCUT2D eigenvalue weighted by Gasteiger charge is -2.30. The maximum atomic E-state index is 8.80. The van der Waals surface area contributed by atoms with E-state index in [0.29, 0.717) is 6.04 Å². The predicted molar refractivity (Wildman–Crippen MR) is 35.7 cm³/mol. The zero-order valence-electron chi connectivity index (χ0n) is 4.92. The van der Waals surface area contributed by atoms with Gasteiger partial charge in [-0.1, -0.05) is 11.9 Å². The first kappa shape index (κ1) is 6.39. The molecule has 0 aliphatic heterocycles. The first-order valence-corrected chi connectivity index (χ1v) is 4.02. The van der Waals surface area contributed by atoms with Crippen molar-refractivity contribution >= 4 is 11.9 Å². The Bertz CT molecular complexity index is 70.1. The van der Waals surface area contributed by atoms with Gasteiger partial charge in [0, 0.05) is 6.04 Å². The van der Waals surface area contributed by atoms with E-state index in [0.717, 1.165) is 12.8 Å². The van der Waals surface area contributed by atoms with Crippen molar-refractivity contribution in [3.05, 3.63) is 0 Å². The summed E-state index contributed by atoms with van der Waals surface area (Å²) in [5, 5.41) is 8.80. The highest BCUT2D eigenvalue weighted by molar-refractivity contribution is 7.96. The molecule has 1 aliphatic rings. The molecule has 0 aromatic rings. The molecule has 2 nitrogen and oxygen atoms in total. The molecule has 48 valence electrons. The molecule has 0 radical (unpaired) electrons. The number of aliphatic hydroxyl groups is 1. The van der Waals surface area contributed by atoms with Crippen LogP contribution in [0.2, 0.25) is 0 Å². The largest absolute Gasteiger partial charge is 0.393 e. The minimum absolute atomic E-state index is 0.0281. The van der Waals surface area contributed by atoms with Crippen LogP contribution in [0.5, 0.6) is 0 Å². The Morgan fingerprint density at radius 2 is 2.25 bits per heavy atom. The van der Waals surface area contributed by atoms with E-state index in [1.54, 1.807) is 11.9 Å². The maximum Gasteiger partial charge on any atom is 0.0570 e. The Morgan fingerprint density at radius 1 is 1.62 bits per heavy atom. The van der Waals surface area contributed by atoms with E-state index in [-0.39, 0.29) is 6.10 Å². The van der Waals surface area contributed by atoms with E-state index >= 15 is 0 Å². The Kier molecular flexibility index (Phi) is 2.16. The van der Waals surface area contributed by atoms with Gasteiger partial charge in [-0.05, 0) is 19.1 Å². The lowest BCUT2D eigenvalue weighted by Crippen LogP contribution is -2.40. The summed E-state index contributed by atoms with van der Waals surface area (Å²) in [4.78, 5) is 0. The minimum atomic E-state index is -0.0281. The van der Waals surface area contributed by atoms with Crippen LogP contribution in [0.1, 0.15) is 12.8 Å². The van der Waals surface area contributed by atoms with Crippen molar-refractivity contribution in [2.24, 2.45) is 0 Å². The third-order valence-electron chi connectivity index (χ3n) is 1.40. The first-order chi connectivity index (χ1) is 3.83. The Morgan fingerprint density at radius 3 is 2.62 bits per heavy atom. The lowest BCUT2D eigenvalue weighted by atomic mass is 9.91. The number of hydrogen-bond donors (Lipinski definition) is 2. The zero-order valence-corrected chi connectivity index (χ0v) is 5.74. The summed E-state index contributed by atoms with van der Waals surface area (Å²) in [7, 11) is 0. The summed E-state index contributed by atoms with van der Waals surface area (Å²) < 4.78 is 3.17. The molecule has 0 bridgehead atoms. The van der Waals surface area contributed by atoms with Crippen LogP contribution in [0, 0.1) is 0 Å². The first-order valence-electron chi connectivity index (χ1n) is 2.79. The van der Waals surface area contributed by atoms with Crippen LogP contribution in [0.15, 0.2) is 0 Å². The van der Waals surface area contributed by atoms with E-state index in [1.807, 2.05) is 6.26 Å². The van der Waals surface area contributed by atoms with E-state index in [1.165, 1.54) is 0 Å². The second kappa shape index (κ2) is 2.71. The average molecular weight is 133 g/mol. The fourth-order valence-corrected chi connectivity index (χ4v) is 1.38. The van der Waals surface area contributed by atoms with Crippen LogP contribution in [-0.4, -0.2) is 23.5 Å². The molecule has 0 amide bonds. The fourth-order valence-electron chi connectivity index (χ4n) is 0.851. The molecule has 0 atom stereocenters. The summed E-state index contributed by atoms with van der Waals surface area (Å²) >= 11 is 1.63. The molecule has 1 saturated carbocycles. The molecule has 0 aromatic carbocycles. The SMILES string of the molecule is CSNC1CC(O)C1. The van der Waals surface area contributed by atoms with Crippen molar-refractivity contribution in [3.63, 3.8) is 0 Å². The van der Waals surface area contributed by atoms with Crippen molar-refractivity contribution < 1.29 is 5.11 Å². The quantitative estimate of drug-likeness (QED) is 0.534. The topological polar surface area (TPSA) is 32.3 Å². The number of aliphatic hydroxyl groups excluding tert-OH is 1. The molecular weight excluding hydrogens is 122 g/mol. The number of nitrogens with one attached hydrogen (secondary N) is 1. The smallest absolute Gasteiger partial charge is 0.0570 e. The van der Waals surface area contributed by atoms with Gasteiger partial charge < -0.3 is 5.11 Å². The second-order valence-electron chi connectivity index (χ2n) is 2.14. The summed E-state index contributed by atoms with van der Waals surface area (Å²) in [5.41, 5.74) is 0. The highest BCUT2D eigenvalue weighted by Gasteiger charge is 2.25. The van der Waals surface area contributed by atoms with Gasteiger partial charge in [-0.15, -0.1) is 0 Å². The van der Waals surface area contributed by atoms with Crippen LogP contribution in [0.3, 0.4) is 0 Å². The van der Waals surface area contributed by atoms with Gasteiger partial charge in [0.2, 0.25) is 0 Å². The average Bonchev–Trinajstić information content (AvgIpc) is 1.64. The highest BCUT2D eigenvalue weighted by atomic mass is 32.2. The maximum absolute atomic E-state index is 8.80. The summed E-state index contributed by atoms with van der Waals surface area (Å²) in [6.07, 6.45) is 3.84. The molecule has 0 aromatic heterocycles. The molecule has 3 heteroatoms. The molecular formula is C5H11NOS. The van der Waals surface area contributed by atoms with Gasteiger partial charge in [0.15, 0.2) is 0 Å². The molecule has 0 heterocycles. The van der Waals surface area contributed by atoms with Crippen molar-refractivity contribution in [3.8, 4) is 0 Å². The summed E-state index contributed by atoms with van der Waals surface area (Å²) in [6.45, 7) is 0. The van der Waals surface area contributed by atoms with E-state index < -0.39 is 0 Å². The second-order valence-corrected chi connectivity index (χ2v) is 2.79. The van der Waals surface area contributed by atoms with Gasteiger partial charge in [0.25, 0.3) is 0 Å². The number of rotatable bonds is 2. The van der Waals surface area contributed by atoms with E-state index in [4.69, 9.17) is 5.11 Å².